The van der Waals surface area contributed by atoms with E-state index in [-0.39, 0.29) is 74.5 Å². The fraction of sp³-hybridized carbons (Fsp3) is 0.486. The maximum absolute atomic E-state index is 17.1. The Morgan fingerprint density at radius 3 is 2.80 bits per heavy atom. The van der Waals surface area contributed by atoms with E-state index < -0.39 is 11.6 Å². The van der Waals surface area contributed by atoms with Gasteiger partial charge in [0.1, 0.15) is 40.6 Å². The number of halogens is 2. The molecule has 2 aromatic carbocycles. The number of benzene rings is 2. The smallest absolute Gasteiger partial charge is 0.319 e. The van der Waals surface area contributed by atoms with Crippen molar-refractivity contribution in [3.8, 4) is 41.2 Å². The fourth-order valence-corrected chi connectivity index (χ4v) is 8.63. The third-order valence-electron chi connectivity index (χ3n) is 11.5. The number of hydrogen-bond donors (Lipinski definition) is 2. The summed E-state index contributed by atoms with van der Waals surface area (Å²) in [5.41, 5.74) is -0.0230. The van der Waals surface area contributed by atoms with Crippen molar-refractivity contribution in [1.82, 2.24) is 25.2 Å². The van der Waals surface area contributed by atoms with Gasteiger partial charge in [0.15, 0.2) is 5.82 Å². The summed E-state index contributed by atoms with van der Waals surface area (Å²) in [7, 11) is 0. The van der Waals surface area contributed by atoms with Crippen LogP contribution in [0.4, 0.5) is 14.6 Å². The Bertz CT molecular complexity index is 2100. The molecule has 49 heavy (non-hydrogen) atoms. The van der Waals surface area contributed by atoms with E-state index in [0.717, 1.165) is 64.8 Å². The third-order valence-corrected chi connectivity index (χ3v) is 11.5. The maximum atomic E-state index is 17.1. The van der Waals surface area contributed by atoms with Crippen molar-refractivity contribution in [2.75, 3.05) is 50.9 Å². The average Bonchev–Trinajstić information content (AvgIpc) is 4.01. The summed E-state index contributed by atoms with van der Waals surface area (Å²) < 4.78 is 50.9. The van der Waals surface area contributed by atoms with Crippen molar-refractivity contribution in [2.24, 2.45) is 5.41 Å². The van der Waals surface area contributed by atoms with Crippen LogP contribution >= 0.6 is 0 Å². The number of morpholine rings is 1. The Kier molecular flexibility index (Phi) is 6.40. The van der Waals surface area contributed by atoms with Crippen LogP contribution in [0.5, 0.6) is 17.6 Å². The number of terminal acetylenes is 1. The number of nitrogens with one attached hydrogen (secondary N) is 1. The minimum atomic E-state index is -0.754. The highest BCUT2D eigenvalue weighted by molar-refractivity contribution is 6.04. The highest BCUT2D eigenvalue weighted by Crippen LogP contribution is 2.50. The number of nitrogens with zero attached hydrogens (tertiary/aromatic N) is 5. The first-order valence-corrected chi connectivity index (χ1v) is 17.3. The SMILES string of the molecule is C#Cc1c(F)ccc2cc(O)cc(-c3nc4c5c(nc(OCC6(CN7CCOC8(CC8)C7)CC6)nc5c3F)N3C[C@H]5CC[C@H](N5)[C@H]3CO4)c12. The molecular formula is C37H36F2N6O4. The molecule has 2 N–H and O–H groups in total. The van der Waals surface area contributed by atoms with Crippen LogP contribution < -0.4 is 19.7 Å². The Morgan fingerprint density at radius 2 is 1.98 bits per heavy atom. The number of piperazine rings is 1. The lowest BCUT2D eigenvalue weighted by Gasteiger charge is -2.40. The summed E-state index contributed by atoms with van der Waals surface area (Å²) in [4.78, 5) is 19.1. The first kappa shape index (κ1) is 29.6. The van der Waals surface area contributed by atoms with Crippen LogP contribution in [0.2, 0.25) is 0 Å². The van der Waals surface area contributed by atoms with Gasteiger partial charge in [0, 0.05) is 54.6 Å². The van der Waals surface area contributed by atoms with Crippen LogP contribution in [0.1, 0.15) is 44.1 Å². The number of pyridine rings is 1. The molecule has 252 valence electrons. The van der Waals surface area contributed by atoms with E-state index in [0.29, 0.717) is 36.3 Å². The number of phenols is 1. The predicted octanol–water partition coefficient (Wildman–Crippen LogP) is 4.54. The molecule has 0 amide bonds. The summed E-state index contributed by atoms with van der Waals surface area (Å²) >= 11 is 0. The van der Waals surface area contributed by atoms with Gasteiger partial charge in [-0.15, -0.1) is 6.42 Å². The van der Waals surface area contributed by atoms with Gasteiger partial charge in [0.2, 0.25) is 5.88 Å². The Balaban J connectivity index is 1.09. The molecule has 2 bridgehead atoms. The lowest BCUT2D eigenvalue weighted by Crippen LogP contribution is -2.60. The number of rotatable bonds is 6. The van der Waals surface area contributed by atoms with Gasteiger partial charge in [-0.1, -0.05) is 12.0 Å². The van der Waals surface area contributed by atoms with Crippen LogP contribution in [0.3, 0.4) is 0 Å². The summed E-state index contributed by atoms with van der Waals surface area (Å²) in [6.45, 7) is 4.95. The number of anilines is 1. The van der Waals surface area contributed by atoms with Crippen molar-refractivity contribution >= 4 is 27.5 Å². The van der Waals surface area contributed by atoms with Crippen LogP contribution in [0.15, 0.2) is 24.3 Å². The maximum Gasteiger partial charge on any atom is 0.319 e. The van der Waals surface area contributed by atoms with Crippen molar-refractivity contribution in [2.45, 2.75) is 62.3 Å². The molecule has 5 fully saturated rings. The molecule has 3 atom stereocenters. The molecule has 0 unspecified atom stereocenters. The number of aromatic nitrogens is 3. The predicted molar refractivity (Wildman–Crippen MR) is 178 cm³/mol. The number of fused-ring (bicyclic) bond motifs is 6. The van der Waals surface area contributed by atoms with Gasteiger partial charge in [-0.05, 0) is 62.1 Å². The van der Waals surface area contributed by atoms with E-state index in [1.54, 1.807) is 0 Å². The Morgan fingerprint density at radius 1 is 1.10 bits per heavy atom. The summed E-state index contributed by atoms with van der Waals surface area (Å²) in [5.74, 6) is 1.60. The zero-order valence-electron chi connectivity index (χ0n) is 27.0. The van der Waals surface area contributed by atoms with E-state index in [9.17, 15) is 5.11 Å². The lowest BCUT2D eigenvalue weighted by molar-refractivity contribution is -0.0532. The molecule has 0 radical (unpaired) electrons. The molecule has 2 saturated carbocycles. The second kappa shape index (κ2) is 10.6. The van der Waals surface area contributed by atoms with E-state index in [1.165, 1.54) is 24.3 Å². The van der Waals surface area contributed by atoms with E-state index in [4.69, 9.17) is 30.6 Å². The topological polar surface area (TPSA) is 105 Å². The molecule has 6 aliphatic rings. The van der Waals surface area contributed by atoms with Gasteiger partial charge < -0.3 is 29.5 Å². The van der Waals surface area contributed by atoms with Crippen LogP contribution in [-0.2, 0) is 4.74 Å². The molecule has 4 aliphatic heterocycles. The lowest BCUT2D eigenvalue weighted by atomic mass is 9.95. The summed E-state index contributed by atoms with van der Waals surface area (Å²) in [5, 5.41) is 15.5. The zero-order chi connectivity index (χ0) is 33.1. The highest BCUT2D eigenvalue weighted by Gasteiger charge is 2.51. The zero-order valence-corrected chi connectivity index (χ0v) is 27.0. The molecule has 10 rings (SSSR count). The summed E-state index contributed by atoms with van der Waals surface area (Å²) in [6, 6.07) is 6.05. The summed E-state index contributed by atoms with van der Waals surface area (Å²) in [6.07, 6.45) is 12.1. The number of hydrogen-bond acceptors (Lipinski definition) is 10. The number of ether oxygens (including phenoxy) is 3. The molecule has 2 aliphatic carbocycles. The van der Waals surface area contributed by atoms with Gasteiger partial charge in [-0.2, -0.15) is 9.97 Å². The first-order chi connectivity index (χ1) is 23.8. The largest absolute Gasteiger partial charge is 0.508 e. The quantitative estimate of drug-likeness (QED) is 0.285. The molecule has 1 spiro atoms. The van der Waals surface area contributed by atoms with Crippen molar-refractivity contribution in [3.05, 3.63) is 41.5 Å². The van der Waals surface area contributed by atoms with Gasteiger partial charge >= 0.3 is 6.01 Å². The molecular weight excluding hydrogens is 630 g/mol. The number of aromatic hydroxyl groups is 1. The van der Waals surface area contributed by atoms with Gasteiger partial charge in [-0.25, -0.2) is 13.8 Å². The second-order valence-electron chi connectivity index (χ2n) is 14.9. The third kappa shape index (κ3) is 4.81. The van der Waals surface area contributed by atoms with E-state index in [2.05, 4.69) is 26.0 Å². The Labute approximate surface area is 281 Å². The average molecular weight is 667 g/mol. The highest BCUT2D eigenvalue weighted by atomic mass is 19.1. The van der Waals surface area contributed by atoms with Gasteiger partial charge in [0.05, 0.1) is 30.4 Å². The molecule has 10 nitrogen and oxygen atoms in total. The first-order valence-electron chi connectivity index (χ1n) is 17.3. The van der Waals surface area contributed by atoms with Crippen molar-refractivity contribution < 1.29 is 28.1 Å². The van der Waals surface area contributed by atoms with E-state index in [1.807, 2.05) is 0 Å². The van der Waals surface area contributed by atoms with Crippen molar-refractivity contribution in [3.63, 3.8) is 0 Å². The molecule has 2 aromatic heterocycles. The minimum absolute atomic E-state index is 0.00427. The Hall–Kier alpha value is -4.31. The van der Waals surface area contributed by atoms with Crippen LogP contribution in [0, 0.1) is 29.4 Å². The molecule has 3 saturated heterocycles. The second-order valence-corrected chi connectivity index (χ2v) is 14.9. The van der Waals surface area contributed by atoms with Gasteiger partial charge in [-0.3, -0.25) is 4.90 Å². The monoisotopic (exact) mass is 666 g/mol. The van der Waals surface area contributed by atoms with Crippen molar-refractivity contribution in [1.29, 1.82) is 0 Å². The van der Waals surface area contributed by atoms with Crippen LogP contribution in [0.25, 0.3) is 32.9 Å². The standard InChI is InChI=1S/C37H36F2N6O4/c1-2-23-25(38)5-3-20-13-22(46)14-24(28(20)23)31-30(39)32-29-33(45-15-21-4-6-26(40-21)27(45)16-47-34(29)41-31)43-35(42-32)48-19-36(7-8-36)17-44-11-12-49-37(18-44)9-10-37/h1,3,5,13-14,21,26-27,40,46H,4,6-12,15-19H2/t21-,26+,27-/m1/s1. The molecule has 12 heteroatoms. The van der Waals surface area contributed by atoms with Crippen LogP contribution in [-0.4, -0.2) is 94.7 Å². The molecule has 4 aromatic rings. The van der Waals surface area contributed by atoms with Gasteiger partial charge in [0.25, 0.3) is 0 Å². The normalized spacial score (nSPS) is 25.9. The van der Waals surface area contributed by atoms with E-state index >= 15 is 8.78 Å². The minimum Gasteiger partial charge on any atom is -0.508 e. The fourth-order valence-electron chi connectivity index (χ4n) is 8.63. The molecule has 6 heterocycles. The number of phenolic OH excluding ortho intramolecular Hbond substituents is 1.